The van der Waals surface area contributed by atoms with E-state index in [1.54, 1.807) is 36.7 Å². The van der Waals surface area contributed by atoms with Crippen LogP contribution in [0.4, 0.5) is 0 Å². The van der Waals surface area contributed by atoms with Crippen LogP contribution in [0.1, 0.15) is 10.4 Å². The van der Waals surface area contributed by atoms with Crippen LogP contribution >= 0.6 is 11.6 Å². The number of carbonyl (C=O) groups excluding carboxylic acids is 1. The van der Waals surface area contributed by atoms with Gasteiger partial charge in [-0.2, -0.15) is 0 Å². The molecule has 0 saturated heterocycles. The van der Waals surface area contributed by atoms with Gasteiger partial charge in [-0.25, -0.2) is 9.97 Å². The zero-order valence-corrected chi connectivity index (χ0v) is 8.48. The topological polar surface area (TPSA) is 42.9 Å². The highest BCUT2D eigenvalue weighted by Gasteiger charge is 2.06. The summed E-state index contributed by atoms with van der Waals surface area (Å²) in [7, 11) is 0. The lowest BCUT2D eigenvalue weighted by molar-refractivity contribution is 0.112. The molecule has 1 aromatic heterocycles. The Morgan fingerprint density at radius 2 is 1.93 bits per heavy atom. The number of aromatic nitrogens is 2. The first-order valence-corrected chi connectivity index (χ1v) is 4.71. The quantitative estimate of drug-likeness (QED) is 0.728. The Kier molecular flexibility index (Phi) is 2.74. The molecule has 0 aliphatic rings. The van der Waals surface area contributed by atoms with Crippen molar-refractivity contribution in [3.63, 3.8) is 0 Å². The highest BCUT2D eigenvalue weighted by molar-refractivity contribution is 6.33. The second-order valence-corrected chi connectivity index (χ2v) is 3.34. The molecule has 0 aliphatic heterocycles. The normalized spacial score (nSPS) is 9.93. The lowest BCUT2D eigenvalue weighted by Crippen LogP contribution is -1.89. The minimum Gasteiger partial charge on any atom is -0.298 e. The number of aldehydes is 1. The van der Waals surface area contributed by atoms with Crippen LogP contribution in [0.3, 0.4) is 0 Å². The number of benzene rings is 1. The van der Waals surface area contributed by atoms with Crippen molar-refractivity contribution in [2.75, 3.05) is 0 Å². The molecule has 0 radical (unpaired) electrons. The maximum atomic E-state index is 10.6. The molecule has 2 rings (SSSR count). The summed E-state index contributed by atoms with van der Waals surface area (Å²) in [4.78, 5) is 18.8. The zero-order chi connectivity index (χ0) is 10.7. The summed E-state index contributed by atoms with van der Waals surface area (Å²) in [6.45, 7) is 0. The lowest BCUT2D eigenvalue weighted by atomic mass is 10.1. The number of nitrogens with zero attached hydrogens (tertiary/aromatic N) is 2. The molecule has 74 valence electrons. The molecule has 0 atom stereocenters. The van der Waals surface area contributed by atoms with Crippen molar-refractivity contribution in [3.05, 3.63) is 47.2 Å². The molecule has 0 amide bonds. The molecule has 0 saturated carbocycles. The fourth-order valence-corrected chi connectivity index (χ4v) is 1.43. The molecule has 0 aliphatic carbocycles. The Morgan fingerprint density at radius 1 is 1.20 bits per heavy atom. The molecule has 0 spiro atoms. The number of hydrogen-bond acceptors (Lipinski definition) is 3. The van der Waals surface area contributed by atoms with Crippen LogP contribution in [0.2, 0.25) is 5.02 Å². The van der Waals surface area contributed by atoms with Crippen LogP contribution in [-0.2, 0) is 0 Å². The molecule has 4 heteroatoms. The summed E-state index contributed by atoms with van der Waals surface area (Å²) in [5, 5.41) is 0.534. The molecule has 1 aromatic carbocycles. The number of halogens is 1. The summed E-state index contributed by atoms with van der Waals surface area (Å²) in [6, 6.07) is 6.71. The zero-order valence-electron chi connectivity index (χ0n) is 7.72. The van der Waals surface area contributed by atoms with Crippen LogP contribution in [0.5, 0.6) is 0 Å². The van der Waals surface area contributed by atoms with Gasteiger partial charge in [0.05, 0.1) is 5.02 Å². The molecular formula is C11H7ClN2O. The molecule has 0 fully saturated rings. The van der Waals surface area contributed by atoms with Gasteiger partial charge in [-0.05, 0) is 18.2 Å². The smallest absolute Gasteiger partial charge is 0.160 e. The van der Waals surface area contributed by atoms with Gasteiger partial charge >= 0.3 is 0 Å². The number of carbonyl (C=O) groups is 1. The van der Waals surface area contributed by atoms with E-state index in [9.17, 15) is 4.79 Å². The SMILES string of the molecule is O=Cc1ccc(Cl)c(-c2ncccn2)c1. The molecule has 15 heavy (non-hydrogen) atoms. The van der Waals surface area contributed by atoms with Crippen molar-refractivity contribution >= 4 is 17.9 Å². The van der Waals surface area contributed by atoms with Crippen LogP contribution in [0.25, 0.3) is 11.4 Å². The Morgan fingerprint density at radius 3 is 2.60 bits per heavy atom. The average Bonchev–Trinajstić information content (AvgIpc) is 2.31. The van der Waals surface area contributed by atoms with Gasteiger partial charge < -0.3 is 0 Å². The lowest BCUT2D eigenvalue weighted by Gasteiger charge is -2.02. The van der Waals surface area contributed by atoms with E-state index < -0.39 is 0 Å². The van der Waals surface area contributed by atoms with Gasteiger partial charge in [-0.1, -0.05) is 17.7 Å². The highest BCUT2D eigenvalue weighted by atomic mass is 35.5. The summed E-state index contributed by atoms with van der Waals surface area (Å²) < 4.78 is 0. The predicted octanol–water partition coefficient (Wildman–Crippen LogP) is 2.61. The standard InChI is InChI=1S/C11H7ClN2O/c12-10-3-2-8(7-15)6-9(10)11-13-4-1-5-14-11/h1-7H. The third kappa shape index (κ3) is 2.02. The molecule has 0 unspecified atom stereocenters. The molecule has 0 bridgehead atoms. The molecule has 2 aromatic rings. The van der Waals surface area contributed by atoms with E-state index in [0.717, 1.165) is 6.29 Å². The van der Waals surface area contributed by atoms with Gasteiger partial charge in [0, 0.05) is 23.5 Å². The van der Waals surface area contributed by atoms with Crippen molar-refractivity contribution in [3.8, 4) is 11.4 Å². The van der Waals surface area contributed by atoms with Crippen molar-refractivity contribution in [1.82, 2.24) is 9.97 Å². The van der Waals surface area contributed by atoms with Crippen molar-refractivity contribution in [1.29, 1.82) is 0 Å². The Labute approximate surface area is 91.8 Å². The Hall–Kier alpha value is -1.74. The number of rotatable bonds is 2. The number of hydrogen-bond donors (Lipinski definition) is 0. The maximum absolute atomic E-state index is 10.6. The highest BCUT2D eigenvalue weighted by Crippen LogP contribution is 2.25. The van der Waals surface area contributed by atoms with E-state index in [-0.39, 0.29) is 0 Å². The van der Waals surface area contributed by atoms with Gasteiger partial charge in [-0.3, -0.25) is 4.79 Å². The summed E-state index contributed by atoms with van der Waals surface area (Å²) in [5.74, 6) is 0.520. The van der Waals surface area contributed by atoms with Crippen LogP contribution in [0.15, 0.2) is 36.7 Å². The van der Waals surface area contributed by atoms with E-state index >= 15 is 0 Å². The van der Waals surface area contributed by atoms with Gasteiger partial charge in [0.2, 0.25) is 0 Å². The molecule has 3 nitrogen and oxygen atoms in total. The molecular weight excluding hydrogens is 212 g/mol. The first-order chi connectivity index (χ1) is 7.31. The van der Waals surface area contributed by atoms with Gasteiger partial charge in [0.1, 0.15) is 6.29 Å². The predicted molar refractivity (Wildman–Crippen MR) is 57.9 cm³/mol. The fourth-order valence-electron chi connectivity index (χ4n) is 1.23. The minimum atomic E-state index is 0.520. The Bertz CT molecular complexity index is 485. The third-order valence-corrected chi connectivity index (χ3v) is 2.26. The first-order valence-electron chi connectivity index (χ1n) is 4.33. The van der Waals surface area contributed by atoms with E-state index in [1.807, 2.05) is 0 Å². The fraction of sp³-hybridized carbons (Fsp3) is 0. The summed E-state index contributed by atoms with van der Waals surface area (Å²) in [5.41, 5.74) is 1.23. The van der Waals surface area contributed by atoms with Crippen molar-refractivity contribution in [2.45, 2.75) is 0 Å². The van der Waals surface area contributed by atoms with Crippen LogP contribution < -0.4 is 0 Å². The maximum Gasteiger partial charge on any atom is 0.160 e. The second-order valence-electron chi connectivity index (χ2n) is 2.93. The minimum absolute atomic E-state index is 0.520. The van der Waals surface area contributed by atoms with Gasteiger partial charge in [-0.15, -0.1) is 0 Å². The van der Waals surface area contributed by atoms with Gasteiger partial charge in [0.25, 0.3) is 0 Å². The van der Waals surface area contributed by atoms with E-state index in [2.05, 4.69) is 9.97 Å². The van der Waals surface area contributed by atoms with Crippen LogP contribution in [0, 0.1) is 0 Å². The largest absolute Gasteiger partial charge is 0.298 e. The summed E-state index contributed by atoms with van der Waals surface area (Å²) >= 11 is 5.99. The third-order valence-electron chi connectivity index (χ3n) is 1.93. The molecule has 0 N–H and O–H groups in total. The average molecular weight is 219 g/mol. The van der Waals surface area contributed by atoms with E-state index in [1.165, 1.54) is 0 Å². The van der Waals surface area contributed by atoms with Crippen molar-refractivity contribution in [2.24, 2.45) is 0 Å². The van der Waals surface area contributed by atoms with Crippen LogP contribution in [-0.4, -0.2) is 16.3 Å². The van der Waals surface area contributed by atoms with Gasteiger partial charge in [0.15, 0.2) is 5.82 Å². The van der Waals surface area contributed by atoms with E-state index in [4.69, 9.17) is 11.6 Å². The second kappa shape index (κ2) is 4.19. The first kappa shape index (κ1) is 9.80. The van der Waals surface area contributed by atoms with E-state index in [0.29, 0.717) is 22.0 Å². The monoisotopic (exact) mass is 218 g/mol. The van der Waals surface area contributed by atoms with Crippen molar-refractivity contribution < 1.29 is 4.79 Å². The summed E-state index contributed by atoms with van der Waals surface area (Å²) in [6.07, 6.45) is 4.03. The molecule has 1 heterocycles. The Balaban J connectivity index is 2.57.